The second kappa shape index (κ2) is 5.16. The first-order valence-corrected chi connectivity index (χ1v) is 6.23. The van der Waals surface area contributed by atoms with E-state index >= 15 is 0 Å². The van der Waals surface area contributed by atoms with Gasteiger partial charge in [-0.15, -0.1) is 0 Å². The monoisotopic (exact) mass is 197 g/mol. The fourth-order valence-corrected chi connectivity index (χ4v) is 2.08. The molecule has 1 saturated heterocycles. The highest BCUT2D eigenvalue weighted by atomic mass is 14.9. The first kappa shape index (κ1) is 12.0. The predicted octanol–water partition coefficient (Wildman–Crippen LogP) is 3.59. The lowest BCUT2D eigenvalue weighted by Gasteiger charge is -2.30. The summed E-state index contributed by atoms with van der Waals surface area (Å²) < 4.78 is 0. The Balaban J connectivity index is 2.34. The molecule has 0 radical (unpaired) electrons. The quantitative estimate of drug-likeness (QED) is 0.713. The number of hydrogen-bond donors (Lipinski definition) is 1. The molecule has 0 aromatic carbocycles. The van der Waals surface area contributed by atoms with Crippen molar-refractivity contribution in [1.29, 1.82) is 0 Å². The fourth-order valence-electron chi connectivity index (χ4n) is 2.08. The summed E-state index contributed by atoms with van der Waals surface area (Å²) in [5.41, 5.74) is 0.466. The first-order chi connectivity index (χ1) is 6.50. The maximum atomic E-state index is 3.68. The minimum atomic E-state index is 0.466. The van der Waals surface area contributed by atoms with Crippen LogP contribution in [0.1, 0.15) is 59.8 Å². The molecule has 0 amide bonds. The highest BCUT2D eigenvalue weighted by molar-refractivity contribution is 4.78. The average molecular weight is 197 g/mol. The van der Waals surface area contributed by atoms with Crippen LogP contribution in [0.2, 0.25) is 0 Å². The molecule has 1 nitrogen and oxygen atoms in total. The number of hydrogen-bond acceptors (Lipinski definition) is 1. The maximum absolute atomic E-state index is 3.68. The Kier molecular flexibility index (Phi) is 4.43. The van der Waals surface area contributed by atoms with Crippen LogP contribution >= 0.6 is 0 Å². The molecule has 2 unspecified atom stereocenters. The van der Waals surface area contributed by atoms with Gasteiger partial charge in [0.1, 0.15) is 0 Å². The van der Waals surface area contributed by atoms with Gasteiger partial charge in [0, 0.05) is 6.04 Å². The van der Waals surface area contributed by atoms with E-state index in [1.165, 1.54) is 38.6 Å². The van der Waals surface area contributed by atoms with Gasteiger partial charge in [0.05, 0.1) is 0 Å². The van der Waals surface area contributed by atoms with Gasteiger partial charge in [0.25, 0.3) is 0 Å². The minimum absolute atomic E-state index is 0.466. The molecular formula is C13H27N. The van der Waals surface area contributed by atoms with Gasteiger partial charge in [-0.2, -0.15) is 0 Å². The number of nitrogens with one attached hydrogen (secondary N) is 1. The van der Waals surface area contributed by atoms with Gasteiger partial charge in [-0.3, -0.25) is 0 Å². The molecule has 0 aromatic heterocycles. The molecular weight excluding hydrogens is 170 g/mol. The molecule has 14 heavy (non-hydrogen) atoms. The minimum Gasteiger partial charge on any atom is -0.314 e. The van der Waals surface area contributed by atoms with Gasteiger partial charge in [0.2, 0.25) is 0 Å². The Bertz CT molecular complexity index is 149. The van der Waals surface area contributed by atoms with Gasteiger partial charge < -0.3 is 5.32 Å². The van der Waals surface area contributed by atoms with Gasteiger partial charge in [-0.25, -0.2) is 0 Å². The van der Waals surface area contributed by atoms with Crippen LogP contribution in [-0.2, 0) is 0 Å². The van der Waals surface area contributed by atoms with Crippen LogP contribution in [0.15, 0.2) is 0 Å². The summed E-state index contributed by atoms with van der Waals surface area (Å²) in [6, 6.07) is 0.784. The van der Waals surface area contributed by atoms with Crippen LogP contribution in [0.25, 0.3) is 0 Å². The molecule has 0 spiro atoms. The zero-order valence-corrected chi connectivity index (χ0v) is 10.4. The molecule has 1 rings (SSSR count). The Hall–Kier alpha value is -0.0400. The highest BCUT2D eigenvalue weighted by Crippen LogP contribution is 2.30. The molecule has 2 atom stereocenters. The van der Waals surface area contributed by atoms with Crippen LogP contribution < -0.4 is 5.32 Å². The van der Waals surface area contributed by atoms with Crippen molar-refractivity contribution >= 4 is 0 Å². The van der Waals surface area contributed by atoms with Crippen molar-refractivity contribution in [3.8, 4) is 0 Å². The molecule has 1 heterocycles. The Labute approximate surface area is 89.7 Å². The zero-order valence-electron chi connectivity index (χ0n) is 10.4. The van der Waals surface area contributed by atoms with Crippen molar-refractivity contribution in [3.05, 3.63) is 0 Å². The third-order valence-corrected chi connectivity index (χ3v) is 3.78. The SMILES string of the molecule is CC(CC1CCCCCN1)C(C)(C)C. The van der Waals surface area contributed by atoms with E-state index in [0.29, 0.717) is 5.41 Å². The van der Waals surface area contributed by atoms with E-state index in [9.17, 15) is 0 Å². The van der Waals surface area contributed by atoms with Gasteiger partial charge in [0.15, 0.2) is 0 Å². The van der Waals surface area contributed by atoms with Gasteiger partial charge >= 0.3 is 0 Å². The molecule has 1 aliphatic heterocycles. The van der Waals surface area contributed by atoms with Gasteiger partial charge in [-0.05, 0) is 37.1 Å². The Morgan fingerprint density at radius 1 is 1.21 bits per heavy atom. The Morgan fingerprint density at radius 2 is 1.93 bits per heavy atom. The molecule has 1 N–H and O–H groups in total. The van der Waals surface area contributed by atoms with Crippen molar-refractivity contribution in [2.75, 3.05) is 6.54 Å². The lowest BCUT2D eigenvalue weighted by molar-refractivity contribution is 0.221. The van der Waals surface area contributed by atoms with Crippen LogP contribution in [0.5, 0.6) is 0 Å². The molecule has 1 heteroatoms. The summed E-state index contributed by atoms with van der Waals surface area (Å²) in [5, 5.41) is 3.68. The van der Waals surface area contributed by atoms with E-state index in [1.54, 1.807) is 0 Å². The topological polar surface area (TPSA) is 12.0 Å². The van der Waals surface area contributed by atoms with E-state index in [2.05, 4.69) is 33.0 Å². The highest BCUT2D eigenvalue weighted by Gasteiger charge is 2.23. The summed E-state index contributed by atoms with van der Waals surface area (Å²) in [4.78, 5) is 0. The predicted molar refractivity (Wildman–Crippen MR) is 63.5 cm³/mol. The van der Waals surface area contributed by atoms with Crippen molar-refractivity contribution in [2.45, 2.75) is 65.8 Å². The first-order valence-electron chi connectivity index (χ1n) is 6.23. The zero-order chi connectivity index (χ0) is 10.6. The molecule has 0 aliphatic carbocycles. The summed E-state index contributed by atoms with van der Waals surface area (Å²) in [7, 11) is 0. The smallest absolute Gasteiger partial charge is 0.00697 e. The standard InChI is InChI=1S/C13H27N/c1-11(13(2,3)4)10-12-8-6-5-7-9-14-12/h11-12,14H,5-10H2,1-4H3. The van der Waals surface area contributed by atoms with E-state index < -0.39 is 0 Å². The fraction of sp³-hybridized carbons (Fsp3) is 1.00. The van der Waals surface area contributed by atoms with Gasteiger partial charge in [-0.1, -0.05) is 40.5 Å². The molecule has 0 aromatic rings. The van der Waals surface area contributed by atoms with Crippen LogP contribution in [-0.4, -0.2) is 12.6 Å². The van der Waals surface area contributed by atoms with Crippen molar-refractivity contribution < 1.29 is 0 Å². The van der Waals surface area contributed by atoms with Crippen LogP contribution in [0, 0.1) is 11.3 Å². The lowest BCUT2D eigenvalue weighted by atomic mass is 9.78. The van der Waals surface area contributed by atoms with Crippen molar-refractivity contribution in [2.24, 2.45) is 11.3 Å². The third-order valence-electron chi connectivity index (χ3n) is 3.78. The van der Waals surface area contributed by atoms with E-state index in [-0.39, 0.29) is 0 Å². The second-order valence-electron chi connectivity index (χ2n) is 6.00. The third kappa shape index (κ3) is 4.00. The summed E-state index contributed by atoms with van der Waals surface area (Å²) in [6.45, 7) is 10.7. The average Bonchev–Trinajstić information content (AvgIpc) is 2.31. The summed E-state index contributed by atoms with van der Waals surface area (Å²) in [5.74, 6) is 0.818. The van der Waals surface area contributed by atoms with E-state index in [0.717, 1.165) is 12.0 Å². The Morgan fingerprint density at radius 3 is 2.57 bits per heavy atom. The van der Waals surface area contributed by atoms with Crippen molar-refractivity contribution in [3.63, 3.8) is 0 Å². The molecule has 1 aliphatic rings. The largest absolute Gasteiger partial charge is 0.314 e. The molecule has 1 fully saturated rings. The number of rotatable bonds is 2. The van der Waals surface area contributed by atoms with Crippen LogP contribution in [0.4, 0.5) is 0 Å². The lowest BCUT2D eigenvalue weighted by Crippen LogP contribution is -2.33. The van der Waals surface area contributed by atoms with E-state index in [4.69, 9.17) is 0 Å². The van der Waals surface area contributed by atoms with Crippen molar-refractivity contribution in [1.82, 2.24) is 5.32 Å². The van der Waals surface area contributed by atoms with Crippen LogP contribution in [0.3, 0.4) is 0 Å². The van der Waals surface area contributed by atoms with E-state index in [1.807, 2.05) is 0 Å². The molecule has 84 valence electrons. The second-order valence-corrected chi connectivity index (χ2v) is 6.00. The normalized spacial score (nSPS) is 27.0. The summed E-state index contributed by atoms with van der Waals surface area (Å²) in [6.07, 6.45) is 6.96. The molecule has 0 bridgehead atoms. The molecule has 0 saturated carbocycles. The maximum Gasteiger partial charge on any atom is 0.00697 e. The summed E-state index contributed by atoms with van der Waals surface area (Å²) >= 11 is 0.